The Bertz CT molecular complexity index is 910. The maximum absolute atomic E-state index is 12.5. The molecule has 0 bridgehead atoms. The summed E-state index contributed by atoms with van der Waals surface area (Å²) < 4.78 is 0. The first kappa shape index (κ1) is 19.9. The molecule has 0 aliphatic carbocycles. The predicted octanol–water partition coefficient (Wildman–Crippen LogP) is 4.16. The van der Waals surface area contributed by atoms with Gasteiger partial charge < -0.3 is 5.32 Å². The highest BCUT2D eigenvalue weighted by atomic mass is 32.1. The summed E-state index contributed by atoms with van der Waals surface area (Å²) in [7, 11) is 0. The lowest BCUT2D eigenvalue weighted by Crippen LogP contribution is -2.30. The van der Waals surface area contributed by atoms with Crippen LogP contribution in [0, 0.1) is 0 Å². The number of amides is 1. The fourth-order valence-corrected chi connectivity index (χ4v) is 3.80. The number of aromatic nitrogens is 2. The Labute approximate surface area is 168 Å². The number of carbonyl (C=O) groups excluding carboxylic acids is 2. The molecule has 0 aliphatic heterocycles. The third-order valence-corrected chi connectivity index (χ3v) is 5.38. The van der Waals surface area contributed by atoms with E-state index in [-0.39, 0.29) is 30.6 Å². The number of ketones is 1. The Balaban J connectivity index is 1.64. The lowest BCUT2D eigenvalue weighted by molar-refractivity contribution is -0.121. The highest BCUT2D eigenvalue weighted by molar-refractivity contribution is 7.09. The van der Waals surface area contributed by atoms with E-state index in [0.29, 0.717) is 12.1 Å². The van der Waals surface area contributed by atoms with Crippen LogP contribution in [0.2, 0.25) is 0 Å². The number of benzene rings is 1. The fraction of sp³-hybridized carbons (Fsp3) is 0.273. The Hall–Kier alpha value is -2.86. The summed E-state index contributed by atoms with van der Waals surface area (Å²) in [6, 6.07) is 15.0. The number of thiazole rings is 1. The van der Waals surface area contributed by atoms with Crippen LogP contribution in [0.1, 0.15) is 52.6 Å². The molecule has 0 fully saturated rings. The second-order valence-corrected chi connectivity index (χ2v) is 7.37. The molecule has 1 aromatic carbocycles. The molecule has 3 aromatic rings. The summed E-state index contributed by atoms with van der Waals surface area (Å²) in [5, 5.41) is 5.99. The summed E-state index contributed by atoms with van der Waals surface area (Å²) in [5.74, 6) is -0.281. The molecule has 0 radical (unpaired) electrons. The molecule has 28 heavy (non-hydrogen) atoms. The molecule has 144 valence electrons. The van der Waals surface area contributed by atoms with E-state index >= 15 is 0 Å². The topological polar surface area (TPSA) is 72.0 Å². The van der Waals surface area contributed by atoms with Gasteiger partial charge in [-0.1, -0.05) is 43.3 Å². The molecule has 2 heterocycles. The Morgan fingerprint density at radius 1 is 1.07 bits per heavy atom. The Morgan fingerprint density at radius 2 is 1.86 bits per heavy atom. The first-order valence-corrected chi connectivity index (χ1v) is 10.3. The number of rotatable bonds is 9. The van der Waals surface area contributed by atoms with Gasteiger partial charge in [-0.15, -0.1) is 11.3 Å². The smallest absolute Gasteiger partial charge is 0.221 e. The Morgan fingerprint density at radius 3 is 2.54 bits per heavy atom. The average Bonchev–Trinajstić information content (AvgIpc) is 3.22. The van der Waals surface area contributed by atoms with Gasteiger partial charge in [0.1, 0.15) is 10.7 Å². The van der Waals surface area contributed by atoms with Gasteiger partial charge in [-0.25, -0.2) is 4.98 Å². The van der Waals surface area contributed by atoms with Gasteiger partial charge in [0.05, 0.1) is 11.7 Å². The average molecular weight is 394 g/mol. The van der Waals surface area contributed by atoms with Gasteiger partial charge in [0, 0.05) is 24.4 Å². The number of hydrogen-bond acceptors (Lipinski definition) is 5. The van der Waals surface area contributed by atoms with E-state index in [1.54, 1.807) is 35.7 Å². The third-order valence-electron chi connectivity index (χ3n) is 4.38. The van der Waals surface area contributed by atoms with E-state index in [9.17, 15) is 9.59 Å². The monoisotopic (exact) mass is 393 g/mol. The van der Waals surface area contributed by atoms with Gasteiger partial charge >= 0.3 is 0 Å². The summed E-state index contributed by atoms with van der Waals surface area (Å²) >= 11 is 1.56. The van der Waals surface area contributed by atoms with Crippen molar-refractivity contribution < 1.29 is 9.59 Å². The molecule has 1 N–H and O–H groups in total. The number of carbonyl (C=O) groups is 2. The molecular formula is C22H23N3O2S. The number of nitrogens with zero attached hydrogens (tertiary/aromatic N) is 2. The van der Waals surface area contributed by atoms with Crippen molar-refractivity contribution >= 4 is 23.0 Å². The number of Topliss-reactive ketones (excluding diaryl/α,β-unsaturated/α-hetero) is 1. The van der Waals surface area contributed by atoms with Gasteiger partial charge in [0.15, 0.2) is 5.78 Å². The minimum Gasteiger partial charge on any atom is -0.347 e. The van der Waals surface area contributed by atoms with Crippen LogP contribution in [0.5, 0.6) is 0 Å². The second-order valence-electron chi connectivity index (χ2n) is 6.48. The van der Waals surface area contributed by atoms with Crippen LogP contribution in [0.4, 0.5) is 0 Å². The molecule has 0 saturated carbocycles. The van der Waals surface area contributed by atoms with Crippen molar-refractivity contribution in [2.75, 3.05) is 0 Å². The fourth-order valence-electron chi connectivity index (χ4n) is 2.84. The van der Waals surface area contributed by atoms with Crippen molar-refractivity contribution in [2.45, 2.75) is 38.6 Å². The van der Waals surface area contributed by atoms with Crippen LogP contribution in [-0.4, -0.2) is 21.7 Å². The van der Waals surface area contributed by atoms with Crippen LogP contribution in [-0.2, 0) is 17.6 Å². The van der Waals surface area contributed by atoms with E-state index in [2.05, 4.69) is 22.2 Å². The summed E-state index contributed by atoms with van der Waals surface area (Å²) in [6.07, 6.45) is 3.38. The molecule has 0 aliphatic rings. The number of aryl methyl sites for hydroxylation is 1. The standard InChI is InChI=1S/C22H23N3O2S/c1-2-17-15-28-22(24-17)19(14-16-8-4-3-5-9-16)25-21(27)12-11-20(26)18-10-6-7-13-23-18/h3-10,13,15,19H,2,11-12,14H2,1H3,(H,25,27)/t19-/m0/s1. The number of pyridine rings is 1. The van der Waals surface area contributed by atoms with Crippen molar-refractivity contribution in [3.05, 3.63) is 82.1 Å². The normalized spacial score (nSPS) is 11.8. The predicted molar refractivity (Wildman–Crippen MR) is 110 cm³/mol. The summed E-state index contributed by atoms with van der Waals surface area (Å²) in [4.78, 5) is 33.4. The van der Waals surface area contributed by atoms with Crippen LogP contribution < -0.4 is 5.32 Å². The molecule has 1 amide bonds. The van der Waals surface area contributed by atoms with Crippen molar-refractivity contribution in [1.82, 2.24) is 15.3 Å². The highest BCUT2D eigenvalue weighted by Crippen LogP contribution is 2.23. The molecule has 3 rings (SSSR count). The zero-order chi connectivity index (χ0) is 19.8. The van der Waals surface area contributed by atoms with Crippen molar-refractivity contribution in [3.8, 4) is 0 Å². The van der Waals surface area contributed by atoms with Crippen LogP contribution in [0.3, 0.4) is 0 Å². The van der Waals surface area contributed by atoms with E-state index in [1.807, 2.05) is 35.7 Å². The Kier molecular flexibility index (Phi) is 7.03. The maximum atomic E-state index is 12.5. The molecule has 5 nitrogen and oxygen atoms in total. The first-order valence-electron chi connectivity index (χ1n) is 9.37. The number of hydrogen-bond donors (Lipinski definition) is 1. The zero-order valence-corrected chi connectivity index (χ0v) is 16.6. The van der Waals surface area contributed by atoms with Crippen LogP contribution >= 0.6 is 11.3 Å². The largest absolute Gasteiger partial charge is 0.347 e. The van der Waals surface area contributed by atoms with Crippen molar-refractivity contribution in [2.24, 2.45) is 0 Å². The van der Waals surface area contributed by atoms with Crippen LogP contribution in [0.25, 0.3) is 0 Å². The van der Waals surface area contributed by atoms with Crippen LogP contribution in [0.15, 0.2) is 60.1 Å². The molecular weight excluding hydrogens is 370 g/mol. The molecule has 0 saturated heterocycles. The molecule has 6 heteroatoms. The molecule has 1 atom stereocenters. The minimum absolute atomic E-state index is 0.127. The van der Waals surface area contributed by atoms with E-state index in [4.69, 9.17) is 0 Å². The number of nitrogens with one attached hydrogen (secondary N) is 1. The second kappa shape index (κ2) is 9.90. The van der Waals surface area contributed by atoms with E-state index in [0.717, 1.165) is 22.7 Å². The SMILES string of the molecule is CCc1csc([C@H](Cc2ccccc2)NC(=O)CCC(=O)c2ccccn2)n1. The van der Waals surface area contributed by atoms with Gasteiger partial charge in [-0.3, -0.25) is 14.6 Å². The third kappa shape index (κ3) is 5.57. The molecule has 0 unspecified atom stereocenters. The lowest BCUT2D eigenvalue weighted by Gasteiger charge is -2.17. The van der Waals surface area contributed by atoms with Gasteiger partial charge in [-0.2, -0.15) is 0 Å². The first-order chi connectivity index (χ1) is 13.7. The minimum atomic E-state index is -0.204. The maximum Gasteiger partial charge on any atom is 0.221 e. The van der Waals surface area contributed by atoms with E-state index in [1.165, 1.54) is 0 Å². The van der Waals surface area contributed by atoms with Gasteiger partial charge in [0.25, 0.3) is 0 Å². The summed E-state index contributed by atoms with van der Waals surface area (Å²) in [5.41, 5.74) is 2.55. The van der Waals surface area contributed by atoms with Crippen molar-refractivity contribution in [3.63, 3.8) is 0 Å². The summed E-state index contributed by atoms with van der Waals surface area (Å²) in [6.45, 7) is 2.06. The zero-order valence-electron chi connectivity index (χ0n) is 15.8. The van der Waals surface area contributed by atoms with Gasteiger partial charge in [0.2, 0.25) is 5.91 Å². The van der Waals surface area contributed by atoms with Gasteiger partial charge in [-0.05, 0) is 30.5 Å². The van der Waals surface area contributed by atoms with E-state index < -0.39 is 0 Å². The lowest BCUT2D eigenvalue weighted by atomic mass is 10.1. The van der Waals surface area contributed by atoms with Crippen molar-refractivity contribution in [1.29, 1.82) is 0 Å². The molecule has 0 spiro atoms. The quantitative estimate of drug-likeness (QED) is 0.554. The molecule has 2 aromatic heterocycles. The highest BCUT2D eigenvalue weighted by Gasteiger charge is 2.19.